The lowest BCUT2D eigenvalue weighted by Gasteiger charge is -2.16. The molecule has 0 N–H and O–H groups in total. The van der Waals surface area contributed by atoms with Crippen LogP contribution in [0.25, 0.3) is 0 Å². The van der Waals surface area contributed by atoms with Crippen LogP contribution in [-0.2, 0) is 6.54 Å². The summed E-state index contributed by atoms with van der Waals surface area (Å²) >= 11 is 0. The van der Waals surface area contributed by atoms with Crippen molar-refractivity contribution < 1.29 is 4.74 Å². The van der Waals surface area contributed by atoms with Crippen molar-refractivity contribution in [1.82, 2.24) is 4.90 Å². The topological polar surface area (TPSA) is 12.5 Å². The lowest BCUT2D eigenvalue weighted by molar-refractivity contribution is 0.320. The predicted molar refractivity (Wildman–Crippen MR) is 86.8 cm³/mol. The van der Waals surface area contributed by atoms with E-state index in [-0.39, 0.29) is 0 Å². The third-order valence-electron chi connectivity index (χ3n) is 4.04. The highest BCUT2D eigenvalue weighted by Crippen LogP contribution is 2.24. The predicted octanol–water partition coefficient (Wildman–Crippen LogP) is 4.63. The monoisotopic (exact) mass is 281 g/mol. The molecule has 2 aromatic rings. The number of ether oxygens (including phenoxy) is 1. The highest BCUT2D eigenvalue weighted by molar-refractivity contribution is 5.35. The Kier molecular flexibility index (Phi) is 4.26. The molecule has 1 atom stereocenters. The minimum absolute atomic E-state index is 0.830. The molecule has 2 aromatic carbocycles. The highest BCUT2D eigenvalue weighted by Gasteiger charge is 2.18. The number of nitrogens with zero attached hydrogens (tertiary/aromatic N) is 1. The van der Waals surface area contributed by atoms with Gasteiger partial charge in [0.05, 0.1) is 0 Å². The number of rotatable bonds is 4. The Bertz CT molecular complexity index is 608. The summed E-state index contributed by atoms with van der Waals surface area (Å²) in [6.45, 7) is 7.86. The maximum Gasteiger partial charge on any atom is 0.127 e. The largest absolute Gasteiger partial charge is 0.457 e. The van der Waals surface area contributed by atoms with Crippen molar-refractivity contribution in [3.63, 3.8) is 0 Å². The molecular formula is C19H23NO. The fraction of sp³-hybridized carbons (Fsp3) is 0.368. The van der Waals surface area contributed by atoms with Crippen LogP contribution in [0.15, 0.2) is 48.5 Å². The molecule has 110 valence electrons. The van der Waals surface area contributed by atoms with Crippen molar-refractivity contribution in [3.05, 3.63) is 59.7 Å². The Morgan fingerprint density at radius 2 is 1.86 bits per heavy atom. The smallest absolute Gasteiger partial charge is 0.127 e. The second-order valence-corrected chi connectivity index (χ2v) is 6.19. The molecule has 0 aliphatic carbocycles. The lowest BCUT2D eigenvalue weighted by atomic mass is 10.2. The van der Waals surface area contributed by atoms with Gasteiger partial charge in [-0.1, -0.05) is 31.2 Å². The van der Waals surface area contributed by atoms with E-state index in [0.717, 1.165) is 24.0 Å². The van der Waals surface area contributed by atoms with Crippen LogP contribution in [0.3, 0.4) is 0 Å². The zero-order valence-electron chi connectivity index (χ0n) is 12.9. The maximum absolute atomic E-state index is 5.97. The first-order valence-electron chi connectivity index (χ1n) is 7.75. The molecule has 2 heteroatoms. The Morgan fingerprint density at radius 3 is 2.57 bits per heavy atom. The van der Waals surface area contributed by atoms with Crippen molar-refractivity contribution in [1.29, 1.82) is 0 Å². The standard InChI is InChI=1S/C19H23NO/c1-15-5-3-7-18(11-15)21-19-8-4-6-17(12-19)14-20-10-9-16(2)13-20/h3-8,11-12,16H,9-10,13-14H2,1-2H3. The fourth-order valence-electron chi connectivity index (χ4n) is 2.95. The van der Waals surface area contributed by atoms with Gasteiger partial charge in [0.25, 0.3) is 0 Å². The van der Waals surface area contributed by atoms with E-state index in [9.17, 15) is 0 Å². The number of hydrogen-bond donors (Lipinski definition) is 0. The quantitative estimate of drug-likeness (QED) is 0.810. The van der Waals surface area contributed by atoms with Gasteiger partial charge in [-0.15, -0.1) is 0 Å². The van der Waals surface area contributed by atoms with Crippen molar-refractivity contribution in [3.8, 4) is 11.5 Å². The second kappa shape index (κ2) is 6.31. The maximum atomic E-state index is 5.97. The van der Waals surface area contributed by atoms with Gasteiger partial charge in [-0.25, -0.2) is 0 Å². The fourth-order valence-corrected chi connectivity index (χ4v) is 2.95. The molecule has 1 aliphatic heterocycles. The summed E-state index contributed by atoms with van der Waals surface area (Å²) in [6, 6.07) is 16.6. The van der Waals surface area contributed by atoms with E-state index in [1.54, 1.807) is 0 Å². The van der Waals surface area contributed by atoms with Gasteiger partial charge in [-0.2, -0.15) is 0 Å². The van der Waals surface area contributed by atoms with E-state index in [4.69, 9.17) is 4.74 Å². The van der Waals surface area contributed by atoms with Crippen LogP contribution in [-0.4, -0.2) is 18.0 Å². The molecule has 1 saturated heterocycles. The number of benzene rings is 2. The van der Waals surface area contributed by atoms with Gasteiger partial charge in [-0.05, 0) is 61.2 Å². The molecule has 1 unspecified atom stereocenters. The zero-order valence-corrected chi connectivity index (χ0v) is 12.9. The molecule has 21 heavy (non-hydrogen) atoms. The molecule has 0 radical (unpaired) electrons. The SMILES string of the molecule is Cc1cccc(Oc2cccc(CN3CCC(C)C3)c2)c1. The highest BCUT2D eigenvalue weighted by atomic mass is 16.5. The molecule has 0 bridgehead atoms. The van der Waals surface area contributed by atoms with Crippen LogP contribution in [0.5, 0.6) is 11.5 Å². The molecule has 0 aromatic heterocycles. The summed E-state index contributed by atoms with van der Waals surface area (Å²) in [5, 5.41) is 0. The van der Waals surface area contributed by atoms with Gasteiger partial charge in [0.2, 0.25) is 0 Å². The Labute approximate surface area is 127 Å². The Balaban J connectivity index is 1.68. The van der Waals surface area contributed by atoms with Gasteiger partial charge in [0.1, 0.15) is 11.5 Å². The second-order valence-electron chi connectivity index (χ2n) is 6.19. The number of hydrogen-bond acceptors (Lipinski definition) is 2. The van der Waals surface area contributed by atoms with Crippen LogP contribution in [0.1, 0.15) is 24.5 Å². The van der Waals surface area contributed by atoms with Gasteiger partial charge < -0.3 is 4.74 Å². The summed E-state index contributed by atoms with van der Waals surface area (Å²) in [5.41, 5.74) is 2.55. The van der Waals surface area contributed by atoms with Crippen molar-refractivity contribution in [2.75, 3.05) is 13.1 Å². The first kappa shape index (κ1) is 14.2. The van der Waals surface area contributed by atoms with Gasteiger partial charge in [-0.3, -0.25) is 4.90 Å². The van der Waals surface area contributed by atoms with Crippen LogP contribution >= 0.6 is 0 Å². The Morgan fingerprint density at radius 1 is 1.10 bits per heavy atom. The first-order chi connectivity index (χ1) is 10.2. The van der Waals surface area contributed by atoms with Crippen LogP contribution in [0.2, 0.25) is 0 Å². The molecule has 0 spiro atoms. The summed E-state index contributed by atoms with van der Waals surface area (Å²) in [5.74, 6) is 2.66. The third-order valence-corrected chi connectivity index (χ3v) is 4.04. The summed E-state index contributed by atoms with van der Waals surface area (Å²) in [4.78, 5) is 2.52. The van der Waals surface area contributed by atoms with Gasteiger partial charge >= 0.3 is 0 Å². The minimum atomic E-state index is 0.830. The van der Waals surface area contributed by atoms with E-state index < -0.39 is 0 Å². The molecule has 1 heterocycles. The van der Waals surface area contributed by atoms with E-state index in [1.807, 2.05) is 18.2 Å². The first-order valence-corrected chi connectivity index (χ1v) is 7.75. The molecule has 0 saturated carbocycles. The van der Waals surface area contributed by atoms with E-state index in [0.29, 0.717) is 0 Å². The van der Waals surface area contributed by atoms with E-state index >= 15 is 0 Å². The average molecular weight is 281 g/mol. The molecule has 2 nitrogen and oxygen atoms in total. The van der Waals surface area contributed by atoms with E-state index in [1.165, 1.54) is 30.6 Å². The normalized spacial score (nSPS) is 18.9. The zero-order chi connectivity index (χ0) is 14.7. The van der Waals surface area contributed by atoms with Gasteiger partial charge in [0.15, 0.2) is 0 Å². The summed E-state index contributed by atoms with van der Waals surface area (Å²) in [7, 11) is 0. The van der Waals surface area contributed by atoms with Crippen LogP contribution < -0.4 is 4.74 Å². The summed E-state index contributed by atoms with van der Waals surface area (Å²) in [6.07, 6.45) is 1.32. The average Bonchev–Trinajstić information content (AvgIpc) is 2.84. The molecule has 1 fully saturated rings. The third kappa shape index (κ3) is 3.85. The number of aryl methyl sites for hydroxylation is 1. The lowest BCUT2D eigenvalue weighted by Crippen LogP contribution is -2.19. The van der Waals surface area contributed by atoms with E-state index in [2.05, 4.69) is 49.1 Å². The number of likely N-dealkylation sites (tertiary alicyclic amines) is 1. The molecular weight excluding hydrogens is 258 g/mol. The van der Waals surface area contributed by atoms with Crippen LogP contribution in [0.4, 0.5) is 0 Å². The van der Waals surface area contributed by atoms with Crippen LogP contribution in [0, 0.1) is 12.8 Å². The Hall–Kier alpha value is -1.80. The molecule has 1 aliphatic rings. The van der Waals surface area contributed by atoms with Crippen molar-refractivity contribution in [2.24, 2.45) is 5.92 Å². The van der Waals surface area contributed by atoms with Crippen molar-refractivity contribution >= 4 is 0 Å². The van der Waals surface area contributed by atoms with Crippen molar-refractivity contribution in [2.45, 2.75) is 26.8 Å². The molecule has 3 rings (SSSR count). The minimum Gasteiger partial charge on any atom is -0.457 e. The molecule has 0 amide bonds. The van der Waals surface area contributed by atoms with Gasteiger partial charge in [0, 0.05) is 13.1 Å². The summed E-state index contributed by atoms with van der Waals surface area (Å²) < 4.78 is 5.97.